The van der Waals surface area contributed by atoms with E-state index in [0.717, 1.165) is 5.69 Å². The molecule has 0 amide bonds. The van der Waals surface area contributed by atoms with Gasteiger partial charge in [-0.05, 0) is 56.5 Å². The fraction of sp³-hybridized carbons (Fsp3) is 0.278. The molecule has 3 nitrogen and oxygen atoms in total. The van der Waals surface area contributed by atoms with Gasteiger partial charge in [-0.25, -0.2) is 4.99 Å². The van der Waals surface area contributed by atoms with Crippen molar-refractivity contribution in [2.45, 2.75) is 34.2 Å². The van der Waals surface area contributed by atoms with Crippen LogP contribution in [0.3, 0.4) is 0 Å². The highest BCUT2D eigenvalue weighted by Crippen LogP contribution is 2.17. The molecule has 0 atom stereocenters. The third-order valence-corrected chi connectivity index (χ3v) is 3.57. The zero-order valence-corrected chi connectivity index (χ0v) is 15.9. The molecular formula is C18H24IN3. The van der Waals surface area contributed by atoms with Crippen molar-refractivity contribution in [3.8, 4) is 0 Å². The van der Waals surface area contributed by atoms with Crippen LogP contribution in [-0.4, -0.2) is 5.96 Å². The molecule has 0 saturated carbocycles. The van der Waals surface area contributed by atoms with E-state index >= 15 is 0 Å². The second kappa shape index (κ2) is 8.17. The minimum atomic E-state index is 0. The minimum absolute atomic E-state index is 0. The van der Waals surface area contributed by atoms with E-state index in [1.54, 1.807) is 0 Å². The van der Waals surface area contributed by atoms with Crippen molar-refractivity contribution in [1.82, 2.24) is 0 Å². The topological polar surface area (TPSA) is 50.4 Å². The lowest BCUT2D eigenvalue weighted by atomic mass is 10.00. The zero-order chi connectivity index (χ0) is 15.4. The average Bonchev–Trinajstić information content (AvgIpc) is 2.40. The van der Waals surface area contributed by atoms with Crippen molar-refractivity contribution in [1.29, 1.82) is 0 Å². The molecule has 2 rings (SSSR count). The Morgan fingerprint density at radius 2 is 1.50 bits per heavy atom. The van der Waals surface area contributed by atoms with Crippen molar-refractivity contribution >= 4 is 35.6 Å². The number of nitrogens with two attached hydrogens (primary N) is 1. The summed E-state index contributed by atoms with van der Waals surface area (Å²) in [5, 5.41) is 3.12. The SMILES string of the molecule is Cc1ccc(NC(N)=NCc2c(C)cc(C)cc2C)cc1.I. The molecule has 2 aromatic rings. The number of guanidine groups is 1. The minimum Gasteiger partial charge on any atom is -0.370 e. The molecule has 118 valence electrons. The number of nitrogens with one attached hydrogen (secondary N) is 1. The van der Waals surface area contributed by atoms with Crippen molar-refractivity contribution in [2.24, 2.45) is 10.7 Å². The van der Waals surface area contributed by atoms with Crippen LogP contribution in [0.1, 0.15) is 27.8 Å². The quantitative estimate of drug-likeness (QED) is 0.447. The monoisotopic (exact) mass is 409 g/mol. The largest absolute Gasteiger partial charge is 0.370 e. The summed E-state index contributed by atoms with van der Waals surface area (Å²) in [5.74, 6) is 0.443. The maximum absolute atomic E-state index is 5.96. The van der Waals surface area contributed by atoms with E-state index in [-0.39, 0.29) is 24.0 Å². The third-order valence-electron chi connectivity index (χ3n) is 3.57. The Hall–Kier alpha value is -1.56. The van der Waals surface area contributed by atoms with E-state index in [1.807, 2.05) is 24.3 Å². The molecule has 0 unspecified atom stereocenters. The molecule has 0 bridgehead atoms. The van der Waals surface area contributed by atoms with Gasteiger partial charge in [0.05, 0.1) is 6.54 Å². The molecule has 4 heteroatoms. The van der Waals surface area contributed by atoms with Crippen LogP contribution < -0.4 is 11.1 Å². The molecule has 3 N–H and O–H groups in total. The van der Waals surface area contributed by atoms with Gasteiger partial charge in [-0.1, -0.05) is 35.4 Å². The van der Waals surface area contributed by atoms with Gasteiger partial charge >= 0.3 is 0 Å². The Kier molecular flexibility index (Phi) is 6.87. The number of halogens is 1. The van der Waals surface area contributed by atoms with Gasteiger partial charge in [0, 0.05) is 5.69 Å². The molecule has 0 aliphatic rings. The van der Waals surface area contributed by atoms with Crippen molar-refractivity contribution in [3.63, 3.8) is 0 Å². The van der Waals surface area contributed by atoms with Crippen LogP contribution in [0.2, 0.25) is 0 Å². The molecule has 0 spiro atoms. The summed E-state index contributed by atoms with van der Waals surface area (Å²) in [6.07, 6.45) is 0. The highest BCUT2D eigenvalue weighted by molar-refractivity contribution is 14.0. The Morgan fingerprint density at radius 1 is 0.955 bits per heavy atom. The van der Waals surface area contributed by atoms with E-state index in [1.165, 1.54) is 27.8 Å². The van der Waals surface area contributed by atoms with Gasteiger partial charge in [0.2, 0.25) is 0 Å². The van der Waals surface area contributed by atoms with E-state index < -0.39 is 0 Å². The van der Waals surface area contributed by atoms with Gasteiger partial charge in [0.25, 0.3) is 0 Å². The lowest BCUT2D eigenvalue weighted by Gasteiger charge is -2.10. The predicted molar refractivity (Wildman–Crippen MR) is 106 cm³/mol. The predicted octanol–water partition coefficient (Wildman–Crippen LogP) is 4.47. The summed E-state index contributed by atoms with van der Waals surface area (Å²) in [6.45, 7) is 9.01. The molecule has 0 aliphatic heterocycles. The first-order valence-electron chi connectivity index (χ1n) is 7.16. The molecule has 0 heterocycles. The van der Waals surface area contributed by atoms with Crippen LogP contribution in [0.25, 0.3) is 0 Å². The standard InChI is InChI=1S/C18H23N3.HI/c1-12-5-7-16(8-6-12)21-18(19)20-11-17-14(3)9-13(2)10-15(17)4;/h5-10H,11H2,1-4H3,(H3,19,20,21);1H. The van der Waals surface area contributed by atoms with Crippen molar-refractivity contribution in [3.05, 3.63) is 64.2 Å². The number of nitrogens with zero attached hydrogens (tertiary/aromatic N) is 1. The fourth-order valence-corrected chi connectivity index (χ4v) is 2.45. The van der Waals surface area contributed by atoms with Crippen LogP contribution in [-0.2, 0) is 6.54 Å². The molecule has 2 aromatic carbocycles. The van der Waals surface area contributed by atoms with Gasteiger partial charge in [-0.15, -0.1) is 24.0 Å². The second-order valence-corrected chi connectivity index (χ2v) is 5.57. The lowest BCUT2D eigenvalue weighted by Crippen LogP contribution is -2.22. The first kappa shape index (κ1) is 18.5. The molecule has 0 aromatic heterocycles. The van der Waals surface area contributed by atoms with Crippen LogP contribution in [0.5, 0.6) is 0 Å². The Balaban J connectivity index is 0.00000242. The van der Waals surface area contributed by atoms with E-state index in [2.05, 4.69) is 50.1 Å². The van der Waals surface area contributed by atoms with Crippen LogP contribution >= 0.6 is 24.0 Å². The molecule has 0 saturated heterocycles. The molecule has 22 heavy (non-hydrogen) atoms. The number of hydrogen-bond acceptors (Lipinski definition) is 1. The van der Waals surface area contributed by atoms with E-state index in [0.29, 0.717) is 12.5 Å². The van der Waals surface area contributed by atoms with Gasteiger partial charge in [-0.2, -0.15) is 0 Å². The summed E-state index contributed by atoms with van der Waals surface area (Å²) < 4.78 is 0. The number of rotatable bonds is 3. The van der Waals surface area contributed by atoms with Crippen LogP contribution in [0.15, 0.2) is 41.4 Å². The van der Waals surface area contributed by atoms with Crippen LogP contribution in [0, 0.1) is 27.7 Å². The number of anilines is 1. The highest BCUT2D eigenvalue weighted by Gasteiger charge is 2.03. The number of aliphatic imine (C=N–C) groups is 1. The first-order chi connectivity index (χ1) is 9.95. The Bertz CT molecular complexity index is 638. The second-order valence-electron chi connectivity index (χ2n) is 5.57. The number of benzene rings is 2. The number of hydrogen-bond donors (Lipinski definition) is 2. The highest BCUT2D eigenvalue weighted by atomic mass is 127. The van der Waals surface area contributed by atoms with Crippen molar-refractivity contribution in [2.75, 3.05) is 5.32 Å². The molecule has 0 radical (unpaired) electrons. The number of aryl methyl sites for hydroxylation is 4. The fourth-order valence-electron chi connectivity index (χ4n) is 2.45. The summed E-state index contributed by atoms with van der Waals surface area (Å²) in [6, 6.07) is 12.5. The maximum atomic E-state index is 5.96. The van der Waals surface area contributed by atoms with Gasteiger partial charge in [0.1, 0.15) is 0 Å². The normalized spacial score (nSPS) is 11.0. The summed E-state index contributed by atoms with van der Waals surface area (Å²) >= 11 is 0. The third kappa shape index (κ3) is 5.02. The smallest absolute Gasteiger partial charge is 0.193 e. The summed E-state index contributed by atoms with van der Waals surface area (Å²) in [4.78, 5) is 4.45. The van der Waals surface area contributed by atoms with Gasteiger partial charge in [0.15, 0.2) is 5.96 Å². The maximum Gasteiger partial charge on any atom is 0.193 e. The zero-order valence-electron chi connectivity index (χ0n) is 13.6. The Morgan fingerprint density at radius 3 is 2.05 bits per heavy atom. The summed E-state index contributed by atoms with van der Waals surface area (Å²) in [7, 11) is 0. The lowest BCUT2D eigenvalue weighted by molar-refractivity contribution is 1.02. The van der Waals surface area contributed by atoms with Crippen LogP contribution in [0.4, 0.5) is 5.69 Å². The molecule has 0 aliphatic carbocycles. The van der Waals surface area contributed by atoms with Gasteiger partial charge < -0.3 is 11.1 Å². The van der Waals surface area contributed by atoms with Gasteiger partial charge in [-0.3, -0.25) is 0 Å². The summed E-state index contributed by atoms with van der Waals surface area (Å²) in [5.41, 5.74) is 13.2. The first-order valence-corrected chi connectivity index (χ1v) is 7.16. The average molecular weight is 409 g/mol. The van der Waals surface area contributed by atoms with Crippen molar-refractivity contribution < 1.29 is 0 Å². The molecule has 0 fully saturated rings. The van der Waals surface area contributed by atoms with E-state index in [9.17, 15) is 0 Å². The van der Waals surface area contributed by atoms with E-state index in [4.69, 9.17) is 5.73 Å². The molecular weight excluding hydrogens is 385 g/mol. The Labute approximate surface area is 150 Å².